The molecular weight excluding hydrogens is 244 g/mol. The smallest absolute Gasteiger partial charge is 0.234 e. The van der Waals surface area contributed by atoms with Crippen molar-refractivity contribution in [3.63, 3.8) is 0 Å². The Morgan fingerprint density at radius 3 is 2.74 bits per heavy atom. The maximum atomic E-state index is 11.7. The molecule has 1 aliphatic rings. The largest absolute Gasteiger partial charge is 0.381 e. The number of ether oxygens (including phenoxy) is 2. The highest BCUT2D eigenvalue weighted by molar-refractivity contribution is 5.78. The van der Waals surface area contributed by atoms with Crippen molar-refractivity contribution in [3.05, 3.63) is 0 Å². The molecule has 0 radical (unpaired) electrons. The van der Waals surface area contributed by atoms with Gasteiger partial charge in [0.2, 0.25) is 5.91 Å². The number of unbranched alkanes of at least 4 members (excludes halogenated alkanes) is 1. The number of amides is 1. The normalized spacial score (nSPS) is 16.8. The van der Waals surface area contributed by atoms with Crippen LogP contribution in [0.2, 0.25) is 0 Å². The fraction of sp³-hybridized carbons (Fsp3) is 0.929. The van der Waals surface area contributed by atoms with Crippen molar-refractivity contribution in [1.29, 1.82) is 0 Å². The lowest BCUT2D eigenvalue weighted by atomic mass is 10.1. The minimum absolute atomic E-state index is 0.0883. The first-order valence-electron chi connectivity index (χ1n) is 7.38. The molecule has 0 saturated carbocycles. The molecule has 112 valence electrons. The lowest BCUT2D eigenvalue weighted by Gasteiger charge is -2.23. The number of rotatable bonds is 9. The van der Waals surface area contributed by atoms with Crippen LogP contribution >= 0.6 is 0 Å². The third-order valence-corrected chi connectivity index (χ3v) is 3.07. The standard InChI is InChI=1S/C14H28N2O3/c1-12(2)19-8-4-3-7-15-11-14(17)16-13-5-9-18-10-6-13/h12-13,15H,3-11H2,1-2H3,(H,16,17). The Morgan fingerprint density at radius 1 is 1.32 bits per heavy atom. The predicted octanol–water partition coefficient (Wildman–Crippen LogP) is 1.08. The summed E-state index contributed by atoms with van der Waals surface area (Å²) >= 11 is 0. The number of hydrogen-bond donors (Lipinski definition) is 2. The monoisotopic (exact) mass is 272 g/mol. The molecule has 0 unspecified atom stereocenters. The van der Waals surface area contributed by atoms with E-state index in [9.17, 15) is 4.79 Å². The van der Waals surface area contributed by atoms with Gasteiger partial charge in [-0.1, -0.05) is 0 Å². The predicted molar refractivity (Wildman–Crippen MR) is 75.2 cm³/mol. The van der Waals surface area contributed by atoms with E-state index in [-0.39, 0.29) is 5.91 Å². The molecular formula is C14H28N2O3. The van der Waals surface area contributed by atoms with Gasteiger partial charge in [0.25, 0.3) is 0 Å². The van der Waals surface area contributed by atoms with Gasteiger partial charge in [0.05, 0.1) is 12.6 Å². The van der Waals surface area contributed by atoms with Crippen molar-refractivity contribution in [1.82, 2.24) is 10.6 Å². The van der Waals surface area contributed by atoms with E-state index in [4.69, 9.17) is 9.47 Å². The molecule has 1 fully saturated rings. The second-order valence-electron chi connectivity index (χ2n) is 5.26. The van der Waals surface area contributed by atoms with E-state index in [1.807, 2.05) is 13.8 Å². The Labute approximate surface area is 116 Å². The lowest BCUT2D eigenvalue weighted by molar-refractivity contribution is -0.121. The van der Waals surface area contributed by atoms with E-state index in [0.717, 1.165) is 52.0 Å². The molecule has 0 bridgehead atoms. The van der Waals surface area contributed by atoms with Gasteiger partial charge in [-0.05, 0) is 46.1 Å². The van der Waals surface area contributed by atoms with E-state index in [0.29, 0.717) is 18.7 Å². The Morgan fingerprint density at radius 2 is 2.05 bits per heavy atom. The van der Waals surface area contributed by atoms with Crippen LogP contribution in [0.25, 0.3) is 0 Å². The molecule has 1 saturated heterocycles. The quantitative estimate of drug-likeness (QED) is 0.617. The SMILES string of the molecule is CC(C)OCCCCNCC(=O)NC1CCOCC1. The molecule has 5 heteroatoms. The summed E-state index contributed by atoms with van der Waals surface area (Å²) in [6, 6.07) is 0.294. The van der Waals surface area contributed by atoms with Gasteiger partial charge < -0.3 is 20.1 Å². The second kappa shape index (κ2) is 10.2. The summed E-state index contributed by atoms with van der Waals surface area (Å²) in [4.78, 5) is 11.7. The van der Waals surface area contributed by atoms with Gasteiger partial charge >= 0.3 is 0 Å². The molecule has 19 heavy (non-hydrogen) atoms. The van der Waals surface area contributed by atoms with Gasteiger partial charge in [0, 0.05) is 25.9 Å². The second-order valence-corrected chi connectivity index (χ2v) is 5.26. The van der Waals surface area contributed by atoms with Crippen LogP contribution in [0.5, 0.6) is 0 Å². The van der Waals surface area contributed by atoms with Gasteiger partial charge in [-0.15, -0.1) is 0 Å². The third kappa shape index (κ3) is 8.97. The van der Waals surface area contributed by atoms with Crippen molar-refractivity contribution in [2.45, 2.75) is 51.7 Å². The summed E-state index contributed by atoms with van der Waals surface area (Å²) in [6.07, 6.45) is 4.24. The van der Waals surface area contributed by atoms with Crippen LogP contribution in [0.4, 0.5) is 0 Å². The highest BCUT2D eigenvalue weighted by atomic mass is 16.5. The Kier molecular flexibility index (Phi) is 8.79. The summed E-state index contributed by atoms with van der Waals surface area (Å²) in [5.74, 6) is 0.0883. The molecule has 2 N–H and O–H groups in total. The Bertz CT molecular complexity index is 241. The fourth-order valence-electron chi connectivity index (χ4n) is 1.99. The topological polar surface area (TPSA) is 59.6 Å². The number of carbonyl (C=O) groups excluding carboxylic acids is 1. The van der Waals surface area contributed by atoms with Crippen LogP contribution in [0.15, 0.2) is 0 Å². The van der Waals surface area contributed by atoms with Crippen molar-refractivity contribution < 1.29 is 14.3 Å². The first-order chi connectivity index (χ1) is 9.18. The summed E-state index contributed by atoms with van der Waals surface area (Å²) < 4.78 is 10.7. The van der Waals surface area contributed by atoms with Crippen molar-refractivity contribution >= 4 is 5.91 Å². The first kappa shape index (κ1) is 16.4. The van der Waals surface area contributed by atoms with Crippen molar-refractivity contribution in [2.24, 2.45) is 0 Å². The van der Waals surface area contributed by atoms with Crippen LogP contribution in [0, 0.1) is 0 Å². The van der Waals surface area contributed by atoms with Crippen molar-refractivity contribution in [3.8, 4) is 0 Å². The summed E-state index contributed by atoms with van der Waals surface area (Å²) in [6.45, 7) is 7.67. The zero-order chi connectivity index (χ0) is 13.9. The lowest BCUT2D eigenvalue weighted by Crippen LogP contribution is -2.43. The molecule has 5 nitrogen and oxygen atoms in total. The van der Waals surface area contributed by atoms with Crippen LogP contribution in [0.3, 0.4) is 0 Å². The van der Waals surface area contributed by atoms with Gasteiger partial charge in [-0.3, -0.25) is 4.79 Å². The molecule has 1 aliphatic heterocycles. The summed E-state index contributed by atoms with van der Waals surface area (Å²) in [5.41, 5.74) is 0. The Hall–Kier alpha value is -0.650. The molecule has 0 aromatic carbocycles. The number of hydrogen-bond acceptors (Lipinski definition) is 4. The maximum absolute atomic E-state index is 11.7. The average molecular weight is 272 g/mol. The molecule has 0 spiro atoms. The van der Waals surface area contributed by atoms with E-state index in [1.165, 1.54) is 0 Å². The van der Waals surface area contributed by atoms with E-state index < -0.39 is 0 Å². The van der Waals surface area contributed by atoms with Gasteiger partial charge in [0.15, 0.2) is 0 Å². The minimum atomic E-state index is 0.0883. The van der Waals surface area contributed by atoms with Gasteiger partial charge in [-0.25, -0.2) is 0 Å². The molecule has 0 aromatic rings. The van der Waals surface area contributed by atoms with Gasteiger partial charge in [0.1, 0.15) is 0 Å². The van der Waals surface area contributed by atoms with Gasteiger partial charge in [-0.2, -0.15) is 0 Å². The van der Waals surface area contributed by atoms with Crippen LogP contribution < -0.4 is 10.6 Å². The summed E-state index contributed by atoms with van der Waals surface area (Å²) in [7, 11) is 0. The number of carbonyl (C=O) groups is 1. The zero-order valence-electron chi connectivity index (χ0n) is 12.2. The van der Waals surface area contributed by atoms with Crippen LogP contribution in [-0.2, 0) is 14.3 Å². The molecule has 0 aromatic heterocycles. The molecule has 1 rings (SSSR count). The highest BCUT2D eigenvalue weighted by Crippen LogP contribution is 2.05. The van der Waals surface area contributed by atoms with Crippen LogP contribution in [0.1, 0.15) is 39.5 Å². The van der Waals surface area contributed by atoms with E-state index in [1.54, 1.807) is 0 Å². The third-order valence-electron chi connectivity index (χ3n) is 3.07. The first-order valence-corrected chi connectivity index (χ1v) is 7.38. The zero-order valence-corrected chi connectivity index (χ0v) is 12.2. The Balaban J connectivity index is 1.89. The average Bonchev–Trinajstić information content (AvgIpc) is 2.38. The molecule has 0 atom stereocenters. The highest BCUT2D eigenvalue weighted by Gasteiger charge is 2.15. The molecule has 1 heterocycles. The molecule has 0 aliphatic carbocycles. The number of nitrogens with one attached hydrogen (secondary N) is 2. The fourth-order valence-corrected chi connectivity index (χ4v) is 1.99. The maximum Gasteiger partial charge on any atom is 0.234 e. The van der Waals surface area contributed by atoms with E-state index >= 15 is 0 Å². The molecule has 1 amide bonds. The summed E-state index contributed by atoms with van der Waals surface area (Å²) in [5, 5.41) is 6.19. The van der Waals surface area contributed by atoms with E-state index in [2.05, 4.69) is 10.6 Å². The van der Waals surface area contributed by atoms with Crippen LogP contribution in [-0.4, -0.2) is 51.0 Å². The minimum Gasteiger partial charge on any atom is -0.381 e. The van der Waals surface area contributed by atoms with Crippen molar-refractivity contribution in [2.75, 3.05) is 32.9 Å².